The molecule has 2 aromatic heterocycles. The molecule has 0 fully saturated rings. The highest BCUT2D eigenvalue weighted by Crippen LogP contribution is 2.24. The molecule has 0 bridgehead atoms. The number of imidazole rings is 1. The number of carbonyl (C=O) groups excluding carboxylic acids is 2. The van der Waals surface area contributed by atoms with E-state index < -0.39 is 17.7 Å². The summed E-state index contributed by atoms with van der Waals surface area (Å²) in [4.78, 5) is 32.6. The molecular weight excluding hydrogens is 350 g/mol. The summed E-state index contributed by atoms with van der Waals surface area (Å²) >= 11 is 0. The van der Waals surface area contributed by atoms with Crippen LogP contribution in [0.15, 0.2) is 24.5 Å². The Kier molecular flexibility index (Phi) is 4.41. The molecule has 1 N–H and O–H groups in total. The molecular formula is C18H17N5O4. The highest BCUT2D eigenvalue weighted by atomic mass is 16.6. The average Bonchev–Trinajstić information content (AvgIpc) is 3.01. The first-order chi connectivity index (χ1) is 12.7. The third-order valence-electron chi connectivity index (χ3n) is 3.62. The lowest BCUT2D eigenvalue weighted by Crippen LogP contribution is -2.27. The SMILES string of the molecule is COC(=O)c1cc2c(cc1C#N)ncc1cnc(NC(=O)OC(C)(C)C)n12. The number of nitrogens with one attached hydrogen (secondary N) is 1. The molecule has 0 unspecified atom stereocenters. The number of esters is 1. The smallest absolute Gasteiger partial charge is 0.414 e. The van der Waals surface area contributed by atoms with Gasteiger partial charge in [0.25, 0.3) is 0 Å². The number of benzene rings is 1. The molecule has 138 valence electrons. The average molecular weight is 367 g/mol. The van der Waals surface area contributed by atoms with E-state index in [9.17, 15) is 14.9 Å². The van der Waals surface area contributed by atoms with E-state index >= 15 is 0 Å². The van der Waals surface area contributed by atoms with Crippen LogP contribution in [0.5, 0.6) is 0 Å². The van der Waals surface area contributed by atoms with Gasteiger partial charge >= 0.3 is 12.1 Å². The third kappa shape index (κ3) is 3.50. The van der Waals surface area contributed by atoms with Crippen molar-refractivity contribution in [2.45, 2.75) is 26.4 Å². The van der Waals surface area contributed by atoms with Crippen LogP contribution in [-0.4, -0.2) is 39.1 Å². The number of aromatic nitrogens is 3. The maximum Gasteiger partial charge on any atom is 0.414 e. The van der Waals surface area contributed by atoms with Gasteiger partial charge in [-0.2, -0.15) is 5.26 Å². The fourth-order valence-corrected chi connectivity index (χ4v) is 2.56. The number of hydrogen-bond donors (Lipinski definition) is 1. The van der Waals surface area contributed by atoms with Crippen molar-refractivity contribution in [3.8, 4) is 6.07 Å². The lowest BCUT2D eigenvalue weighted by atomic mass is 10.1. The number of ether oxygens (including phenoxy) is 2. The van der Waals surface area contributed by atoms with Crippen LogP contribution in [0, 0.1) is 11.3 Å². The van der Waals surface area contributed by atoms with Crippen LogP contribution in [0.3, 0.4) is 0 Å². The van der Waals surface area contributed by atoms with Crippen molar-refractivity contribution in [2.75, 3.05) is 12.4 Å². The molecule has 0 saturated heterocycles. The Bertz CT molecular complexity index is 1100. The second kappa shape index (κ2) is 6.57. The van der Waals surface area contributed by atoms with E-state index in [0.717, 1.165) is 0 Å². The zero-order valence-corrected chi connectivity index (χ0v) is 15.2. The fraction of sp³-hybridized carbons (Fsp3) is 0.278. The first kappa shape index (κ1) is 18.1. The molecule has 0 spiro atoms. The van der Waals surface area contributed by atoms with Crippen molar-refractivity contribution in [2.24, 2.45) is 0 Å². The van der Waals surface area contributed by atoms with Gasteiger partial charge < -0.3 is 9.47 Å². The van der Waals surface area contributed by atoms with Gasteiger partial charge in [-0.3, -0.25) is 14.7 Å². The number of anilines is 1. The van der Waals surface area contributed by atoms with Gasteiger partial charge in [-0.15, -0.1) is 0 Å². The third-order valence-corrected chi connectivity index (χ3v) is 3.62. The molecule has 0 aliphatic carbocycles. The molecule has 2 heterocycles. The molecule has 0 radical (unpaired) electrons. The van der Waals surface area contributed by atoms with Crippen LogP contribution in [0.4, 0.5) is 10.7 Å². The van der Waals surface area contributed by atoms with Crippen molar-refractivity contribution in [1.29, 1.82) is 5.26 Å². The summed E-state index contributed by atoms with van der Waals surface area (Å²) in [7, 11) is 1.24. The minimum atomic E-state index is -0.666. The largest absolute Gasteiger partial charge is 0.465 e. The second-order valence-corrected chi connectivity index (χ2v) is 6.72. The van der Waals surface area contributed by atoms with Gasteiger partial charge in [0.05, 0.1) is 47.2 Å². The molecule has 0 atom stereocenters. The first-order valence-corrected chi connectivity index (χ1v) is 8.02. The van der Waals surface area contributed by atoms with E-state index in [-0.39, 0.29) is 17.1 Å². The van der Waals surface area contributed by atoms with E-state index in [1.165, 1.54) is 25.4 Å². The van der Waals surface area contributed by atoms with Gasteiger partial charge in [-0.25, -0.2) is 14.6 Å². The monoisotopic (exact) mass is 367 g/mol. The lowest BCUT2D eigenvalue weighted by Gasteiger charge is -2.19. The summed E-state index contributed by atoms with van der Waals surface area (Å²) in [6, 6.07) is 4.93. The predicted molar refractivity (Wildman–Crippen MR) is 96.4 cm³/mol. The molecule has 9 nitrogen and oxygen atoms in total. The lowest BCUT2D eigenvalue weighted by molar-refractivity contribution is 0.0597. The Hall–Kier alpha value is -3.67. The standard InChI is InChI=1S/C18H17N5O4/c1-18(2,3)27-17(25)22-16-21-9-11-8-20-13-5-10(7-19)12(15(24)26-4)6-14(13)23(11)16/h5-6,8-9H,1-4H3,(H,21,22,25). The van der Waals surface area contributed by atoms with Crippen LogP contribution in [-0.2, 0) is 9.47 Å². The predicted octanol–water partition coefficient (Wildman–Crippen LogP) is 2.89. The maximum atomic E-state index is 12.1. The summed E-state index contributed by atoms with van der Waals surface area (Å²) in [6.07, 6.45) is 2.41. The summed E-state index contributed by atoms with van der Waals surface area (Å²) < 4.78 is 11.6. The van der Waals surface area contributed by atoms with Gasteiger partial charge in [0, 0.05) is 0 Å². The Morgan fingerprint density at radius 2 is 1.93 bits per heavy atom. The van der Waals surface area contributed by atoms with Crippen molar-refractivity contribution in [3.05, 3.63) is 35.7 Å². The van der Waals surface area contributed by atoms with E-state index in [1.54, 1.807) is 31.4 Å². The van der Waals surface area contributed by atoms with E-state index in [2.05, 4.69) is 15.3 Å². The minimum Gasteiger partial charge on any atom is -0.465 e. The van der Waals surface area contributed by atoms with Crippen molar-refractivity contribution in [3.63, 3.8) is 0 Å². The number of methoxy groups -OCH3 is 1. The van der Waals surface area contributed by atoms with Crippen molar-refractivity contribution in [1.82, 2.24) is 14.4 Å². The molecule has 3 rings (SSSR count). The molecule has 0 saturated carbocycles. The van der Waals surface area contributed by atoms with Gasteiger partial charge in [0.2, 0.25) is 5.95 Å². The van der Waals surface area contributed by atoms with Crippen LogP contribution in [0.1, 0.15) is 36.7 Å². The Balaban J connectivity index is 2.17. The topological polar surface area (TPSA) is 119 Å². The first-order valence-electron chi connectivity index (χ1n) is 8.02. The zero-order chi connectivity index (χ0) is 19.8. The maximum absolute atomic E-state index is 12.1. The second-order valence-electron chi connectivity index (χ2n) is 6.72. The summed E-state index contributed by atoms with van der Waals surface area (Å²) in [5.41, 5.74) is 1.10. The number of nitriles is 1. The molecule has 0 aliphatic rings. The number of fused-ring (bicyclic) bond motifs is 3. The van der Waals surface area contributed by atoms with Crippen LogP contribution >= 0.6 is 0 Å². The van der Waals surface area contributed by atoms with Gasteiger partial charge in [-0.05, 0) is 32.9 Å². The molecule has 3 aromatic rings. The molecule has 0 aliphatic heterocycles. The summed E-state index contributed by atoms with van der Waals surface area (Å²) in [6.45, 7) is 5.25. The Labute approximate surface area is 154 Å². The normalized spacial score (nSPS) is 11.2. The molecule has 27 heavy (non-hydrogen) atoms. The quantitative estimate of drug-likeness (QED) is 0.692. The number of hydrogen-bond acceptors (Lipinski definition) is 7. The van der Waals surface area contributed by atoms with Crippen molar-refractivity contribution >= 4 is 34.6 Å². The van der Waals surface area contributed by atoms with Gasteiger partial charge in [-0.1, -0.05) is 0 Å². The van der Waals surface area contributed by atoms with E-state index in [1.807, 2.05) is 6.07 Å². The van der Waals surface area contributed by atoms with Crippen molar-refractivity contribution < 1.29 is 19.1 Å². The fourth-order valence-electron chi connectivity index (χ4n) is 2.56. The molecule has 1 amide bonds. The highest BCUT2D eigenvalue weighted by molar-refractivity contribution is 5.97. The number of carbonyl (C=O) groups is 2. The molecule has 9 heteroatoms. The van der Waals surface area contributed by atoms with E-state index in [4.69, 9.17) is 9.47 Å². The Morgan fingerprint density at radius 1 is 1.22 bits per heavy atom. The van der Waals surface area contributed by atoms with Crippen LogP contribution < -0.4 is 5.32 Å². The Morgan fingerprint density at radius 3 is 2.56 bits per heavy atom. The van der Waals surface area contributed by atoms with Crippen LogP contribution in [0.2, 0.25) is 0 Å². The zero-order valence-electron chi connectivity index (χ0n) is 15.2. The van der Waals surface area contributed by atoms with E-state index in [0.29, 0.717) is 16.6 Å². The van der Waals surface area contributed by atoms with Gasteiger partial charge in [0.15, 0.2) is 0 Å². The minimum absolute atomic E-state index is 0.0960. The summed E-state index contributed by atoms with van der Waals surface area (Å²) in [5, 5.41) is 11.9. The highest BCUT2D eigenvalue weighted by Gasteiger charge is 2.20. The number of amides is 1. The molecule has 1 aromatic carbocycles. The number of nitrogens with zero attached hydrogens (tertiary/aromatic N) is 4. The summed E-state index contributed by atoms with van der Waals surface area (Å²) in [5.74, 6) is -0.445. The van der Waals surface area contributed by atoms with Gasteiger partial charge in [0.1, 0.15) is 11.7 Å². The van der Waals surface area contributed by atoms with Crippen LogP contribution in [0.25, 0.3) is 16.6 Å². The number of rotatable bonds is 2.